The molecule has 0 fully saturated rings. The number of carbonyl (C=O) groups is 1. The summed E-state index contributed by atoms with van der Waals surface area (Å²) < 4.78 is 4.39. The van der Waals surface area contributed by atoms with Crippen LogP contribution in [0.2, 0.25) is 0 Å². The van der Waals surface area contributed by atoms with Crippen molar-refractivity contribution < 1.29 is 15.3 Å². The number of aliphatic imine (C=N–C) groups is 1. The van der Waals surface area contributed by atoms with Crippen molar-refractivity contribution in [2.24, 2.45) is 4.99 Å². The molecule has 0 bridgehead atoms. The zero-order valence-electron chi connectivity index (χ0n) is 3.55. The second-order valence-corrected chi connectivity index (χ2v) is 1.15. The summed E-state index contributed by atoms with van der Waals surface area (Å²) in [4.78, 5) is 13.3. The minimum atomic E-state index is -0.653. The lowest BCUT2D eigenvalue weighted by molar-refractivity contribution is -0.452. The van der Waals surface area contributed by atoms with Gasteiger partial charge in [0, 0.05) is 6.40 Å². The first-order valence-corrected chi connectivity index (χ1v) is 1.79. The highest BCUT2D eigenvalue weighted by Crippen LogP contribution is 1.88. The van der Waals surface area contributed by atoms with Crippen LogP contribution < -0.4 is 5.73 Å². The molecule has 1 unspecified atom stereocenters. The number of rotatable bonds is 0. The fourth-order valence-electron chi connectivity index (χ4n) is 0.257. The van der Waals surface area contributed by atoms with E-state index in [2.05, 4.69) is 15.5 Å². The Kier molecular flexibility index (Phi) is 0.796. The van der Waals surface area contributed by atoms with Crippen molar-refractivity contribution in [1.29, 1.82) is 0 Å². The summed E-state index contributed by atoms with van der Waals surface area (Å²) in [5.41, 5.74) is 3.29. The van der Waals surface area contributed by atoms with Gasteiger partial charge >= 0.3 is 0 Å². The van der Waals surface area contributed by atoms with Crippen LogP contribution >= 0.6 is 0 Å². The SMILES string of the molecule is [NH3+]C1O[C-]=NC1=O. The molecule has 1 atom stereocenters. The molecule has 3 N–H and O–H groups in total. The van der Waals surface area contributed by atoms with Gasteiger partial charge in [0.25, 0.3) is 0 Å². The molecular formula is C3H4N2O2. The summed E-state index contributed by atoms with van der Waals surface area (Å²) in [6, 6.07) is 0. The fourth-order valence-corrected chi connectivity index (χ4v) is 0.257. The first-order chi connectivity index (χ1) is 3.30. The van der Waals surface area contributed by atoms with Crippen molar-refractivity contribution in [3.63, 3.8) is 0 Å². The van der Waals surface area contributed by atoms with Crippen LogP contribution in [-0.2, 0) is 9.53 Å². The zero-order valence-corrected chi connectivity index (χ0v) is 3.55. The lowest BCUT2D eigenvalue weighted by atomic mass is 10.6. The summed E-state index contributed by atoms with van der Waals surface area (Å²) >= 11 is 0. The topological polar surface area (TPSA) is 66.3 Å². The standard InChI is InChI=1S/C3H3N2O2/c4-2-3(6)5-1-7-2/h2H,4H2/q-1/p+1. The number of nitrogens with zero attached hydrogens (tertiary/aromatic N) is 1. The van der Waals surface area contributed by atoms with Gasteiger partial charge in [0.1, 0.15) is 0 Å². The van der Waals surface area contributed by atoms with Gasteiger partial charge in [0.2, 0.25) is 6.23 Å². The second kappa shape index (κ2) is 1.31. The molecule has 0 saturated heterocycles. The first kappa shape index (κ1) is 4.26. The van der Waals surface area contributed by atoms with Crippen LogP contribution in [0.5, 0.6) is 0 Å². The number of carbonyl (C=O) groups excluding carboxylic acids is 1. The minimum absolute atomic E-state index is 0.361. The van der Waals surface area contributed by atoms with Gasteiger partial charge in [-0.1, -0.05) is 0 Å². The van der Waals surface area contributed by atoms with Crippen molar-refractivity contribution >= 4 is 12.3 Å². The van der Waals surface area contributed by atoms with E-state index in [0.717, 1.165) is 0 Å². The molecule has 1 aliphatic rings. The van der Waals surface area contributed by atoms with Gasteiger partial charge in [-0.05, 0) is 0 Å². The van der Waals surface area contributed by atoms with Crippen LogP contribution in [0.25, 0.3) is 0 Å². The highest BCUT2D eigenvalue weighted by Gasteiger charge is 2.08. The maximum absolute atomic E-state index is 10.2. The van der Waals surface area contributed by atoms with E-state index in [9.17, 15) is 4.79 Å². The average molecular weight is 100 g/mol. The summed E-state index contributed by atoms with van der Waals surface area (Å²) in [6.07, 6.45) is 1.38. The van der Waals surface area contributed by atoms with Crippen molar-refractivity contribution in [3.05, 3.63) is 0 Å². The van der Waals surface area contributed by atoms with E-state index in [0.29, 0.717) is 0 Å². The highest BCUT2D eigenvalue weighted by molar-refractivity contribution is 5.89. The Morgan fingerprint density at radius 2 is 2.71 bits per heavy atom. The van der Waals surface area contributed by atoms with E-state index < -0.39 is 6.23 Å². The molecule has 0 spiro atoms. The molecule has 1 heterocycles. The Balaban J connectivity index is 2.62. The molecule has 7 heavy (non-hydrogen) atoms. The molecule has 0 saturated carbocycles. The van der Waals surface area contributed by atoms with Crippen molar-refractivity contribution in [1.82, 2.24) is 0 Å². The Labute approximate surface area is 40.0 Å². The molecule has 0 aromatic heterocycles. The van der Waals surface area contributed by atoms with Crippen molar-refractivity contribution in [3.8, 4) is 0 Å². The molecule has 4 nitrogen and oxygen atoms in total. The molecule has 0 aromatic carbocycles. The number of amides is 1. The predicted octanol–water partition coefficient (Wildman–Crippen LogP) is -1.98. The molecule has 0 radical (unpaired) electrons. The van der Waals surface area contributed by atoms with Crippen molar-refractivity contribution in [2.45, 2.75) is 6.23 Å². The molecular weight excluding hydrogens is 96.0 g/mol. The largest absolute Gasteiger partial charge is 0.536 e. The quantitative estimate of drug-likeness (QED) is 0.358. The van der Waals surface area contributed by atoms with Gasteiger partial charge in [-0.2, -0.15) is 0 Å². The van der Waals surface area contributed by atoms with Crippen LogP contribution in [0.3, 0.4) is 0 Å². The molecule has 1 rings (SSSR count). The highest BCUT2D eigenvalue weighted by atomic mass is 16.5. The van der Waals surface area contributed by atoms with Crippen LogP contribution in [0.15, 0.2) is 4.99 Å². The third-order valence-electron chi connectivity index (χ3n) is 0.626. The van der Waals surface area contributed by atoms with Crippen LogP contribution in [0.4, 0.5) is 0 Å². The number of hydrogen-bond donors (Lipinski definition) is 1. The van der Waals surface area contributed by atoms with E-state index >= 15 is 0 Å². The number of hydrogen-bond acceptors (Lipinski definition) is 2. The van der Waals surface area contributed by atoms with E-state index in [4.69, 9.17) is 0 Å². The predicted molar refractivity (Wildman–Crippen MR) is 20.2 cm³/mol. The molecule has 38 valence electrons. The molecule has 0 aliphatic carbocycles. The van der Waals surface area contributed by atoms with Gasteiger partial charge in [-0.25, -0.2) is 0 Å². The normalized spacial score (nSPS) is 28.1. The van der Waals surface area contributed by atoms with Gasteiger partial charge in [0.15, 0.2) is 5.91 Å². The van der Waals surface area contributed by atoms with E-state index in [1.54, 1.807) is 0 Å². The molecule has 4 heteroatoms. The molecule has 1 amide bonds. The number of ether oxygens (including phenoxy) is 1. The summed E-state index contributed by atoms with van der Waals surface area (Å²) in [7, 11) is 0. The first-order valence-electron chi connectivity index (χ1n) is 1.79. The van der Waals surface area contributed by atoms with Gasteiger partial charge < -0.3 is 20.3 Å². The van der Waals surface area contributed by atoms with E-state index in [1.807, 2.05) is 6.40 Å². The second-order valence-electron chi connectivity index (χ2n) is 1.15. The Morgan fingerprint density at radius 1 is 2.00 bits per heavy atom. The van der Waals surface area contributed by atoms with Crippen molar-refractivity contribution in [2.75, 3.05) is 0 Å². The minimum Gasteiger partial charge on any atom is -0.536 e. The Bertz CT molecular complexity index is 120. The molecule has 1 aliphatic heterocycles. The van der Waals surface area contributed by atoms with Gasteiger partial charge in [-0.3, -0.25) is 0 Å². The Hall–Kier alpha value is -0.900. The maximum atomic E-state index is 10.2. The van der Waals surface area contributed by atoms with E-state index in [1.165, 1.54) is 0 Å². The summed E-state index contributed by atoms with van der Waals surface area (Å²) in [5.74, 6) is -0.361. The van der Waals surface area contributed by atoms with Gasteiger partial charge in [-0.15, -0.1) is 0 Å². The van der Waals surface area contributed by atoms with E-state index in [-0.39, 0.29) is 5.91 Å². The summed E-state index contributed by atoms with van der Waals surface area (Å²) in [6.45, 7) is 0. The van der Waals surface area contributed by atoms with Gasteiger partial charge in [0.05, 0.1) is 0 Å². The monoisotopic (exact) mass is 100 g/mol. The fraction of sp³-hybridized carbons (Fsp3) is 0.333. The maximum Gasteiger partial charge on any atom is 0.226 e. The lowest BCUT2D eigenvalue weighted by Crippen LogP contribution is -2.64. The average Bonchev–Trinajstić information content (AvgIpc) is 1.91. The van der Waals surface area contributed by atoms with Crippen LogP contribution in [0.1, 0.15) is 0 Å². The lowest BCUT2D eigenvalue weighted by Gasteiger charge is -1.99. The third-order valence-corrected chi connectivity index (χ3v) is 0.626. The van der Waals surface area contributed by atoms with Crippen LogP contribution in [0, 0.1) is 0 Å². The Morgan fingerprint density at radius 3 is 2.86 bits per heavy atom. The zero-order chi connectivity index (χ0) is 5.28. The van der Waals surface area contributed by atoms with Crippen LogP contribution in [-0.4, -0.2) is 18.5 Å². The third kappa shape index (κ3) is 0.592. The number of quaternary nitrogens is 1. The molecule has 0 aromatic rings. The smallest absolute Gasteiger partial charge is 0.226 e. The summed E-state index contributed by atoms with van der Waals surface area (Å²) in [5, 5.41) is 0.